The van der Waals surface area contributed by atoms with Crippen molar-refractivity contribution >= 4 is 12.0 Å². The Morgan fingerprint density at radius 1 is 1.32 bits per heavy atom. The number of H-pyrrole nitrogens is 1. The number of hydrogen-bond donors (Lipinski definition) is 1. The van der Waals surface area contributed by atoms with E-state index < -0.39 is 0 Å². The monoisotopic (exact) mass is 384 g/mol. The van der Waals surface area contributed by atoms with Gasteiger partial charge in [0.1, 0.15) is 17.5 Å². The van der Waals surface area contributed by atoms with Gasteiger partial charge >= 0.3 is 6.09 Å². The SMILES string of the molecule is COc1ccc(CCCN2C(=O)O[C@@H]3CN(C(=O)c4nc[nH]c4C)C[C@@H]32)cc1. The summed E-state index contributed by atoms with van der Waals surface area (Å²) in [4.78, 5) is 35.4. The van der Waals surface area contributed by atoms with Crippen LogP contribution in [-0.2, 0) is 11.2 Å². The van der Waals surface area contributed by atoms with Gasteiger partial charge in [0.25, 0.3) is 5.91 Å². The lowest BCUT2D eigenvalue weighted by Gasteiger charge is -2.22. The molecule has 3 heterocycles. The summed E-state index contributed by atoms with van der Waals surface area (Å²) in [5.41, 5.74) is 2.37. The number of aromatic amines is 1. The molecule has 2 amide bonds. The minimum atomic E-state index is -0.284. The van der Waals surface area contributed by atoms with Gasteiger partial charge in [-0.25, -0.2) is 9.78 Å². The number of methoxy groups -OCH3 is 1. The summed E-state index contributed by atoms with van der Waals surface area (Å²) in [6.07, 6.45) is 2.66. The van der Waals surface area contributed by atoms with Crippen molar-refractivity contribution in [1.29, 1.82) is 0 Å². The normalized spacial score (nSPS) is 21.0. The van der Waals surface area contributed by atoms with Crippen LogP contribution in [0, 0.1) is 6.92 Å². The molecule has 0 spiro atoms. The number of aromatic nitrogens is 2. The van der Waals surface area contributed by atoms with Crippen LogP contribution in [0.25, 0.3) is 0 Å². The van der Waals surface area contributed by atoms with Crippen LogP contribution in [0.1, 0.15) is 28.2 Å². The van der Waals surface area contributed by atoms with Gasteiger partial charge in [0.2, 0.25) is 0 Å². The van der Waals surface area contributed by atoms with Crippen molar-refractivity contribution < 1.29 is 19.1 Å². The predicted molar refractivity (Wildman–Crippen MR) is 101 cm³/mol. The van der Waals surface area contributed by atoms with E-state index in [9.17, 15) is 9.59 Å². The van der Waals surface area contributed by atoms with Gasteiger partial charge in [-0.2, -0.15) is 0 Å². The second-order valence-electron chi connectivity index (χ2n) is 7.22. The van der Waals surface area contributed by atoms with E-state index in [4.69, 9.17) is 9.47 Å². The van der Waals surface area contributed by atoms with E-state index in [0.717, 1.165) is 24.3 Å². The standard InChI is InChI=1S/C20H24N4O4/c1-13-18(22-12-21-13)19(25)23-10-16-17(11-23)28-20(26)24(16)9-3-4-14-5-7-15(27-2)8-6-14/h5-8,12,16-17H,3-4,9-11H2,1-2H3,(H,21,22)/t16-,17+/m0/s1. The summed E-state index contributed by atoms with van der Waals surface area (Å²) < 4.78 is 10.7. The Labute approximate surface area is 163 Å². The molecule has 0 saturated carbocycles. The smallest absolute Gasteiger partial charge is 0.410 e. The first-order valence-corrected chi connectivity index (χ1v) is 9.46. The van der Waals surface area contributed by atoms with Crippen molar-refractivity contribution in [2.24, 2.45) is 0 Å². The van der Waals surface area contributed by atoms with Crippen LogP contribution in [0.3, 0.4) is 0 Å². The molecule has 2 saturated heterocycles. The maximum atomic E-state index is 12.7. The first-order valence-electron chi connectivity index (χ1n) is 9.46. The minimum absolute atomic E-state index is 0.0911. The summed E-state index contributed by atoms with van der Waals surface area (Å²) >= 11 is 0. The number of hydrogen-bond acceptors (Lipinski definition) is 5. The number of likely N-dealkylation sites (tertiary alicyclic amines) is 1. The van der Waals surface area contributed by atoms with Gasteiger partial charge in [0.15, 0.2) is 0 Å². The molecule has 148 valence electrons. The van der Waals surface area contributed by atoms with Gasteiger partial charge < -0.3 is 19.4 Å². The van der Waals surface area contributed by atoms with Crippen LogP contribution in [-0.4, -0.2) is 70.7 Å². The van der Waals surface area contributed by atoms with Gasteiger partial charge in [-0.1, -0.05) is 12.1 Å². The number of ether oxygens (including phenoxy) is 2. The molecular weight excluding hydrogens is 360 g/mol. The zero-order valence-corrected chi connectivity index (χ0v) is 16.1. The average Bonchev–Trinajstić information content (AvgIpc) is 3.37. The Morgan fingerprint density at radius 2 is 2.11 bits per heavy atom. The molecule has 4 rings (SSSR count). The summed E-state index contributed by atoms with van der Waals surface area (Å²) in [5, 5.41) is 0. The number of amides is 2. The maximum Gasteiger partial charge on any atom is 0.410 e. The summed E-state index contributed by atoms with van der Waals surface area (Å²) in [7, 11) is 1.65. The molecule has 2 aliphatic rings. The Hall–Kier alpha value is -3.03. The van der Waals surface area contributed by atoms with E-state index in [2.05, 4.69) is 9.97 Å². The van der Waals surface area contributed by atoms with E-state index in [0.29, 0.717) is 25.3 Å². The number of aryl methyl sites for hydroxylation is 2. The van der Waals surface area contributed by atoms with Crippen molar-refractivity contribution in [2.45, 2.75) is 31.9 Å². The quantitative estimate of drug-likeness (QED) is 0.823. The number of imidazole rings is 1. The molecule has 8 nitrogen and oxygen atoms in total. The maximum absolute atomic E-state index is 12.7. The molecular formula is C20H24N4O4. The summed E-state index contributed by atoms with van der Waals surface area (Å²) in [5.74, 6) is 0.708. The summed E-state index contributed by atoms with van der Waals surface area (Å²) in [6, 6.07) is 7.85. The van der Waals surface area contributed by atoms with Crippen LogP contribution >= 0.6 is 0 Å². The number of nitrogens with zero attached hydrogens (tertiary/aromatic N) is 3. The molecule has 0 unspecified atom stereocenters. The van der Waals surface area contributed by atoms with Crippen LogP contribution in [0.15, 0.2) is 30.6 Å². The molecule has 0 bridgehead atoms. The number of carbonyl (C=O) groups excluding carboxylic acids is 2. The molecule has 8 heteroatoms. The molecule has 1 aromatic heterocycles. The zero-order chi connectivity index (χ0) is 19.7. The fourth-order valence-electron chi connectivity index (χ4n) is 3.90. The fraction of sp³-hybridized carbons (Fsp3) is 0.450. The third kappa shape index (κ3) is 3.42. The van der Waals surface area contributed by atoms with E-state index in [-0.39, 0.29) is 24.1 Å². The Bertz CT molecular complexity index is 863. The van der Waals surface area contributed by atoms with Crippen LogP contribution < -0.4 is 4.74 Å². The van der Waals surface area contributed by atoms with Gasteiger partial charge in [-0.05, 0) is 37.5 Å². The highest BCUT2D eigenvalue weighted by molar-refractivity contribution is 5.93. The Morgan fingerprint density at radius 3 is 2.79 bits per heavy atom. The van der Waals surface area contributed by atoms with Crippen molar-refractivity contribution in [3.05, 3.63) is 47.5 Å². The average molecular weight is 384 g/mol. The number of fused-ring (bicyclic) bond motifs is 1. The van der Waals surface area contributed by atoms with Gasteiger partial charge in [-0.15, -0.1) is 0 Å². The van der Waals surface area contributed by atoms with Crippen molar-refractivity contribution in [1.82, 2.24) is 19.8 Å². The second kappa shape index (κ2) is 7.53. The molecule has 1 aromatic carbocycles. The molecule has 1 N–H and O–H groups in total. The molecule has 2 aromatic rings. The lowest BCUT2D eigenvalue weighted by Crippen LogP contribution is -2.40. The number of rotatable bonds is 6. The van der Waals surface area contributed by atoms with Crippen LogP contribution in [0.5, 0.6) is 5.75 Å². The first kappa shape index (κ1) is 18.3. The van der Waals surface area contributed by atoms with E-state index in [1.165, 1.54) is 11.9 Å². The third-order valence-corrected chi connectivity index (χ3v) is 5.47. The first-order chi connectivity index (χ1) is 13.6. The fourth-order valence-corrected chi connectivity index (χ4v) is 3.90. The lowest BCUT2D eigenvalue weighted by molar-refractivity contribution is 0.0722. The van der Waals surface area contributed by atoms with E-state index >= 15 is 0 Å². The molecule has 0 aliphatic carbocycles. The molecule has 2 aliphatic heterocycles. The summed E-state index contributed by atoms with van der Waals surface area (Å²) in [6.45, 7) is 3.32. The van der Waals surface area contributed by atoms with Crippen LogP contribution in [0.2, 0.25) is 0 Å². The molecule has 2 fully saturated rings. The highest BCUT2D eigenvalue weighted by Crippen LogP contribution is 2.28. The minimum Gasteiger partial charge on any atom is -0.497 e. The highest BCUT2D eigenvalue weighted by atomic mass is 16.6. The number of carbonyl (C=O) groups is 2. The van der Waals surface area contributed by atoms with Crippen molar-refractivity contribution in [2.75, 3.05) is 26.7 Å². The molecule has 2 atom stereocenters. The molecule has 28 heavy (non-hydrogen) atoms. The highest BCUT2D eigenvalue weighted by Gasteiger charge is 2.48. The number of nitrogens with one attached hydrogen (secondary N) is 1. The Balaban J connectivity index is 1.34. The third-order valence-electron chi connectivity index (χ3n) is 5.47. The Kier molecular flexibility index (Phi) is 4.93. The van der Waals surface area contributed by atoms with Gasteiger partial charge in [-0.3, -0.25) is 9.69 Å². The zero-order valence-electron chi connectivity index (χ0n) is 16.1. The largest absolute Gasteiger partial charge is 0.497 e. The van der Waals surface area contributed by atoms with Gasteiger partial charge in [0, 0.05) is 18.8 Å². The van der Waals surface area contributed by atoms with Crippen molar-refractivity contribution in [3.63, 3.8) is 0 Å². The second-order valence-corrected chi connectivity index (χ2v) is 7.22. The molecule has 0 radical (unpaired) electrons. The van der Waals surface area contributed by atoms with Crippen LogP contribution in [0.4, 0.5) is 4.79 Å². The predicted octanol–water partition coefficient (Wildman–Crippen LogP) is 2.00. The lowest BCUT2D eigenvalue weighted by atomic mass is 10.1. The van der Waals surface area contributed by atoms with Gasteiger partial charge in [0.05, 0.1) is 26.0 Å². The van der Waals surface area contributed by atoms with E-state index in [1.54, 1.807) is 16.9 Å². The number of benzene rings is 1. The van der Waals surface area contributed by atoms with Crippen molar-refractivity contribution in [3.8, 4) is 5.75 Å². The topological polar surface area (TPSA) is 87.8 Å². The van der Waals surface area contributed by atoms with E-state index in [1.807, 2.05) is 31.2 Å².